The zero-order valence-corrected chi connectivity index (χ0v) is 12.0. The molecule has 0 aromatic rings. The van der Waals surface area contributed by atoms with Gasteiger partial charge in [-0.2, -0.15) is 5.26 Å². The standard InChI is InChI=1S/C13H20N2O4/c1-9(10(8-14)11(16)18-5)6-7-15-12(17)19-13(2,3)4/h6-7H2,1-5H3,(H,15,17)/b10-9-. The Balaban J connectivity index is 4.35. The summed E-state index contributed by atoms with van der Waals surface area (Å²) in [5.74, 6) is -0.669. The van der Waals surface area contributed by atoms with Crippen LogP contribution in [0, 0.1) is 11.3 Å². The second kappa shape index (κ2) is 7.41. The number of methoxy groups -OCH3 is 1. The SMILES string of the molecule is COC(=O)/C(C#N)=C(/C)CCNC(=O)OC(C)(C)C. The summed E-state index contributed by atoms with van der Waals surface area (Å²) in [6, 6.07) is 1.79. The molecule has 0 spiro atoms. The molecule has 0 atom stereocenters. The van der Waals surface area contributed by atoms with Gasteiger partial charge in [-0.15, -0.1) is 0 Å². The lowest BCUT2D eigenvalue weighted by atomic mass is 10.1. The number of alkyl carbamates (subject to hydrolysis) is 1. The first-order chi connectivity index (χ1) is 8.71. The van der Waals surface area contributed by atoms with Crippen molar-refractivity contribution >= 4 is 12.1 Å². The lowest BCUT2D eigenvalue weighted by molar-refractivity contribution is -0.135. The average molecular weight is 268 g/mol. The molecule has 0 radical (unpaired) electrons. The topological polar surface area (TPSA) is 88.4 Å². The quantitative estimate of drug-likeness (QED) is 0.478. The molecule has 0 aromatic heterocycles. The summed E-state index contributed by atoms with van der Waals surface area (Å²) in [4.78, 5) is 22.6. The summed E-state index contributed by atoms with van der Waals surface area (Å²) in [7, 11) is 1.21. The van der Waals surface area contributed by atoms with Gasteiger partial charge < -0.3 is 14.8 Å². The fraction of sp³-hybridized carbons (Fsp3) is 0.615. The third-order valence-electron chi connectivity index (χ3n) is 2.10. The van der Waals surface area contributed by atoms with Crippen molar-refractivity contribution in [3.05, 3.63) is 11.1 Å². The van der Waals surface area contributed by atoms with Crippen LogP contribution in [-0.4, -0.2) is 31.3 Å². The van der Waals surface area contributed by atoms with Crippen molar-refractivity contribution in [3.8, 4) is 6.07 Å². The zero-order chi connectivity index (χ0) is 15.1. The molecule has 0 unspecified atom stereocenters. The number of esters is 1. The van der Waals surface area contributed by atoms with Crippen molar-refractivity contribution in [2.45, 2.75) is 39.7 Å². The summed E-state index contributed by atoms with van der Waals surface area (Å²) in [5, 5.41) is 11.4. The van der Waals surface area contributed by atoms with Crippen LogP contribution in [0.4, 0.5) is 4.79 Å². The Morgan fingerprint density at radius 3 is 2.32 bits per heavy atom. The molecule has 0 fully saturated rings. The summed E-state index contributed by atoms with van der Waals surface area (Å²) in [6.07, 6.45) is -0.158. The van der Waals surface area contributed by atoms with Crippen LogP contribution >= 0.6 is 0 Å². The van der Waals surface area contributed by atoms with Gasteiger partial charge in [0.1, 0.15) is 17.2 Å². The Morgan fingerprint density at radius 1 is 1.32 bits per heavy atom. The van der Waals surface area contributed by atoms with E-state index in [0.717, 1.165) is 0 Å². The summed E-state index contributed by atoms with van der Waals surface area (Å²) in [6.45, 7) is 7.23. The van der Waals surface area contributed by atoms with Crippen molar-refractivity contribution < 1.29 is 19.1 Å². The highest BCUT2D eigenvalue weighted by molar-refractivity contribution is 5.93. The largest absolute Gasteiger partial charge is 0.465 e. The van der Waals surface area contributed by atoms with Crippen LogP contribution in [0.25, 0.3) is 0 Å². The number of carbonyl (C=O) groups excluding carboxylic acids is 2. The van der Waals surface area contributed by atoms with E-state index in [2.05, 4.69) is 10.1 Å². The van der Waals surface area contributed by atoms with E-state index in [1.165, 1.54) is 7.11 Å². The molecule has 1 N–H and O–H groups in total. The van der Waals surface area contributed by atoms with Crippen molar-refractivity contribution in [2.24, 2.45) is 0 Å². The zero-order valence-electron chi connectivity index (χ0n) is 12.0. The van der Waals surface area contributed by atoms with Gasteiger partial charge >= 0.3 is 12.1 Å². The molecule has 106 valence electrons. The molecule has 19 heavy (non-hydrogen) atoms. The van der Waals surface area contributed by atoms with Crippen molar-refractivity contribution in [3.63, 3.8) is 0 Å². The number of ether oxygens (including phenoxy) is 2. The summed E-state index contributed by atoms with van der Waals surface area (Å²) >= 11 is 0. The predicted octanol–water partition coefficient (Wildman–Crippen LogP) is 1.91. The molecule has 0 aliphatic carbocycles. The molecular weight excluding hydrogens is 248 g/mol. The molecule has 0 saturated carbocycles. The van der Waals surface area contributed by atoms with Gasteiger partial charge in [0.25, 0.3) is 0 Å². The maximum absolute atomic E-state index is 11.4. The third-order valence-corrected chi connectivity index (χ3v) is 2.10. The van der Waals surface area contributed by atoms with E-state index < -0.39 is 17.7 Å². The maximum Gasteiger partial charge on any atom is 0.407 e. The van der Waals surface area contributed by atoms with Gasteiger partial charge in [0.05, 0.1) is 7.11 Å². The van der Waals surface area contributed by atoms with E-state index in [1.54, 1.807) is 33.8 Å². The van der Waals surface area contributed by atoms with Crippen LogP contribution in [0.1, 0.15) is 34.1 Å². The van der Waals surface area contributed by atoms with E-state index in [1.807, 2.05) is 0 Å². The number of hydrogen-bond donors (Lipinski definition) is 1. The third kappa shape index (κ3) is 7.09. The molecule has 0 aromatic carbocycles. The van der Waals surface area contributed by atoms with Crippen LogP contribution in [0.15, 0.2) is 11.1 Å². The number of hydrogen-bond acceptors (Lipinski definition) is 5. The van der Waals surface area contributed by atoms with E-state index >= 15 is 0 Å². The minimum absolute atomic E-state index is 0.0338. The second-order valence-corrected chi connectivity index (χ2v) is 4.94. The molecule has 6 heteroatoms. The number of nitrogens with zero attached hydrogens (tertiary/aromatic N) is 1. The monoisotopic (exact) mass is 268 g/mol. The van der Waals surface area contributed by atoms with E-state index in [0.29, 0.717) is 12.0 Å². The van der Waals surface area contributed by atoms with Crippen molar-refractivity contribution in [1.29, 1.82) is 5.26 Å². The van der Waals surface area contributed by atoms with E-state index in [9.17, 15) is 9.59 Å². The van der Waals surface area contributed by atoms with Gasteiger partial charge in [-0.05, 0) is 39.7 Å². The molecule has 0 aliphatic rings. The average Bonchev–Trinajstić information content (AvgIpc) is 2.27. The van der Waals surface area contributed by atoms with Crippen molar-refractivity contribution in [1.82, 2.24) is 5.32 Å². The number of nitriles is 1. The summed E-state index contributed by atoms with van der Waals surface area (Å²) < 4.78 is 9.54. The lowest BCUT2D eigenvalue weighted by Crippen LogP contribution is -2.33. The number of amides is 1. The number of nitrogens with one attached hydrogen (secondary N) is 1. The fourth-order valence-corrected chi connectivity index (χ4v) is 1.21. The molecule has 0 saturated heterocycles. The van der Waals surface area contributed by atoms with Crippen LogP contribution in [0.3, 0.4) is 0 Å². The molecule has 1 amide bonds. The highest BCUT2D eigenvalue weighted by atomic mass is 16.6. The van der Waals surface area contributed by atoms with Crippen molar-refractivity contribution in [2.75, 3.05) is 13.7 Å². The van der Waals surface area contributed by atoms with Crippen LogP contribution in [-0.2, 0) is 14.3 Å². The van der Waals surface area contributed by atoms with Gasteiger partial charge in [0, 0.05) is 6.54 Å². The summed E-state index contributed by atoms with van der Waals surface area (Å²) in [5.41, 5.74) is -0.0300. The Bertz CT molecular complexity index is 413. The normalized spacial score (nSPS) is 12.0. The minimum atomic E-state index is -0.669. The maximum atomic E-state index is 11.4. The van der Waals surface area contributed by atoms with Gasteiger partial charge in [0.2, 0.25) is 0 Å². The number of rotatable bonds is 4. The molecular formula is C13H20N2O4. The lowest BCUT2D eigenvalue weighted by Gasteiger charge is -2.19. The van der Waals surface area contributed by atoms with Gasteiger partial charge in [0.15, 0.2) is 0 Å². The minimum Gasteiger partial charge on any atom is -0.465 e. The Kier molecular flexibility index (Phi) is 6.62. The van der Waals surface area contributed by atoms with Crippen LogP contribution < -0.4 is 5.32 Å². The molecule has 0 aliphatic heterocycles. The fourth-order valence-electron chi connectivity index (χ4n) is 1.21. The highest BCUT2D eigenvalue weighted by Crippen LogP contribution is 2.09. The second-order valence-electron chi connectivity index (χ2n) is 4.94. The van der Waals surface area contributed by atoms with E-state index in [-0.39, 0.29) is 12.1 Å². The molecule has 0 rings (SSSR count). The predicted molar refractivity (Wildman–Crippen MR) is 69.2 cm³/mol. The highest BCUT2D eigenvalue weighted by Gasteiger charge is 2.16. The first kappa shape index (κ1) is 17.0. The molecule has 0 bridgehead atoms. The number of carbonyl (C=O) groups is 2. The van der Waals surface area contributed by atoms with Gasteiger partial charge in [-0.3, -0.25) is 0 Å². The van der Waals surface area contributed by atoms with Gasteiger partial charge in [-0.1, -0.05) is 0 Å². The van der Waals surface area contributed by atoms with Crippen LogP contribution in [0.5, 0.6) is 0 Å². The smallest absolute Gasteiger partial charge is 0.407 e. The van der Waals surface area contributed by atoms with Crippen LogP contribution in [0.2, 0.25) is 0 Å². The van der Waals surface area contributed by atoms with Gasteiger partial charge in [-0.25, -0.2) is 9.59 Å². The first-order valence-electron chi connectivity index (χ1n) is 5.86. The Morgan fingerprint density at radius 2 is 1.89 bits per heavy atom. The molecule has 0 heterocycles. The first-order valence-corrected chi connectivity index (χ1v) is 5.86. The molecule has 6 nitrogen and oxygen atoms in total. The Labute approximate surface area is 113 Å². The van der Waals surface area contributed by atoms with E-state index in [4.69, 9.17) is 10.00 Å². The Hall–Kier alpha value is -2.03.